The van der Waals surface area contributed by atoms with Crippen LogP contribution in [-0.2, 0) is 4.74 Å². The molecule has 3 aromatic rings. The molecular formula is C21H20O12. The third kappa shape index (κ3) is 3.90. The van der Waals surface area contributed by atoms with Crippen LogP contribution in [0.1, 0.15) is 0 Å². The zero-order valence-corrected chi connectivity index (χ0v) is 16.7. The first-order chi connectivity index (χ1) is 15.6. The third-order valence-corrected chi connectivity index (χ3v) is 5.28. The monoisotopic (exact) mass is 464 g/mol. The number of aliphatic hydroxyl groups is 4. The van der Waals surface area contributed by atoms with Crippen LogP contribution >= 0.6 is 0 Å². The lowest BCUT2D eigenvalue weighted by molar-refractivity contribution is -0.277. The van der Waals surface area contributed by atoms with E-state index in [2.05, 4.69) is 0 Å². The Bertz CT molecular complexity index is 1250. The molecule has 1 saturated heterocycles. The van der Waals surface area contributed by atoms with Gasteiger partial charge >= 0.3 is 0 Å². The van der Waals surface area contributed by atoms with Crippen LogP contribution in [0.2, 0.25) is 0 Å². The summed E-state index contributed by atoms with van der Waals surface area (Å²) in [5.74, 6) is -3.18. The molecule has 33 heavy (non-hydrogen) atoms. The normalized spacial score (nSPS) is 25.3. The van der Waals surface area contributed by atoms with Crippen molar-refractivity contribution >= 4 is 11.0 Å². The summed E-state index contributed by atoms with van der Waals surface area (Å²) in [6.45, 7) is -0.711. The summed E-state index contributed by atoms with van der Waals surface area (Å²) < 4.78 is 16.2. The number of rotatable bonds is 4. The lowest BCUT2D eigenvalue weighted by Gasteiger charge is -2.39. The molecule has 0 amide bonds. The maximum absolute atomic E-state index is 12.6. The van der Waals surface area contributed by atoms with Gasteiger partial charge in [-0.2, -0.15) is 0 Å². The zero-order valence-electron chi connectivity index (χ0n) is 16.7. The van der Waals surface area contributed by atoms with Gasteiger partial charge in [0.15, 0.2) is 28.4 Å². The van der Waals surface area contributed by atoms with E-state index in [4.69, 9.17) is 13.9 Å². The van der Waals surface area contributed by atoms with Crippen molar-refractivity contribution in [1.29, 1.82) is 0 Å². The van der Waals surface area contributed by atoms with Gasteiger partial charge in [0.2, 0.25) is 12.0 Å². The van der Waals surface area contributed by atoms with Crippen molar-refractivity contribution in [3.8, 4) is 40.1 Å². The fourth-order valence-electron chi connectivity index (χ4n) is 3.47. The van der Waals surface area contributed by atoms with Crippen LogP contribution in [0.4, 0.5) is 0 Å². The smallest absolute Gasteiger partial charge is 0.229 e. The molecule has 0 saturated carbocycles. The quantitative estimate of drug-likeness (QED) is 0.229. The van der Waals surface area contributed by atoms with Gasteiger partial charge in [0.1, 0.15) is 41.1 Å². The Labute approximate surface area is 184 Å². The van der Waals surface area contributed by atoms with Gasteiger partial charge in [0, 0.05) is 17.7 Å². The molecule has 0 unspecified atom stereocenters. The number of phenols is 4. The van der Waals surface area contributed by atoms with E-state index in [-0.39, 0.29) is 28.0 Å². The van der Waals surface area contributed by atoms with Crippen LogP contribution in [-0.4, -0.2) is 78.2 Å². The average Bonchev–Trinajstić information content (AvgIpc) is 2.78. The van der Waals surface area contributed by atoms with Crippen LogP contribution in [0.3, 0.4) is 0 Å². The average molecular weight is 464 g/mol. The summed E-state index contributed by atoms with van der Waals surface area (Å²) in [6.07, 6.45) is -8.13. The molecule has 8 N–H and O–H groups in total. The standard InChI is InChI=1S/C21H20O12/c22-6-14-17(27)19(29)20(30)21(33-14)32-13-5-12-15(18(28)16(13)26)10(25)4-11(31-12)7-1-2-8(23)9(24)3-7/h1-5,14,17,19-24,26-30H,6H2/t14-,17-,19-,20+,21-/m1/s1. The molecule has 0 spiro atoms. The second kappa shape index (κ2) is 8.42. The molecule has 5 atom stereocenters. The fraction of sp³-hybridized carbons (Fsp3) is 0.286. The maximum Gasteiger partial charge on any atom is 0.229 e. The minimum absolute atomic E-state index is 0.0494. The highest BCUT2D eigenvalue weighted by atomic mass is 16.7. The van der Waals surface area contributed by atoms with Crippen molar-refractivity contribution < 1.29 is 54.7 Å². The number of ether oxygens (including phenoxy) is 2. The van der Waals surface area contributed by atoms with Gasteiger partial charge in [0.25, 0.3) is 0 Å². The first-order valence-corrected chi connectivity index (χ1v) is 9.64. The van der Waals surface area contributed by atoms with Crippen LogP contribution in [0, 0.1) is 0 Å². The highest BCUT2D eigenvalue weighted by Crippen LogP contribution is 2.43. The van der Waals surface area contributed by atoms with E-state index in [9.17, 15) is 45.6 Å². The lowest BCUT2D eigenvalue weighted by atomic mass is 9.99. The van der Waals surface area contributed by atoms with Gasteiger partial charge in [-0.25, -0.2) is 0 Å². The Morgan fingerprint density at radius 3 is 2.27 bits per heavy atom. The van der Waals surface area contributed by atoms with E-state index in [0.717, 1.165) is 18.2 Å². The van der Waals surface area contributed by atoms with Gasteiger partial charge in [-0.3, -0.25) is 4.79 Å². The Hall–Kier alpha value is -3.55. The van der Waals surface area contributed by atoms with Crippen molar-refractivity contribution in [3.63, 3.8) is 0 Å². The number of phenolic OH excluding ortho intramolecular Hbond substituents is 4. The van der Waals surface area contributed by atoms with E-state index < -0.39 is 65.7 Å². The summed E-state index contributed by atoms with van der Waals surface area (Å²) in [4.78, 5) is 12.6. The minimum atomic E-state index is -1.79. The van der Waals surface area contributed by atoms with Crippen LogP contribution in [0.15, 0.2) is 39.5 Å². The van der Waals surface area contributed by atoms with Crippen molar-refractivity contribution in [1.82, 2.24) is 0 Å². The van der Waals surface area contributed by atoms with Crippen molar-refractivity contribution in [2.45, 2.75) is 30.7 Å². The van der Waals surface area contributed by atoms with E-state index >= 15 is 0 Å². The van der Waals surface area contributed by atoms with E-state index in [1.54, 1.807) is 0 Å². The third-order valence-electron chi connectivity index (χ3n) is 5.28. The molecule has 12 nitrogen and oxygen atoms in total. The number of hydrogen-bond acceptors (Lipinski definition) is 12. The van der Waals surface area contributed by atoms with E-state index in [0.29, 0.717) is 0 Å². The number of aliphatic hydroxyl groups excluding tert-OH is 4. The summed E-state index contributed by atoms with van der Waals surface area (Å²) in [7, 11) is 0. The first-order valence-electron chi connectivity index (χ1n) is 9.64. The molecule has 1 aromatic heterocycles. The van der Waals surface area contributed by atoms with Crippen LogP contribution in [0.5, 0.6) is 28.7 Å². The SMILES string of the molecule is O=c1cc(-c2ccc(O)c(O)c2)oc2cc(O[C@@H]3O[C@H](CO)[C@@H](O)[C@@H](O)[C@@H]3O)c(O)c(O)c12. The molecular weight excluding hydrogens is 444 g/mol. The molecule has 4 rings (SSSR count). The number of fused-ring (bicyclic) bond motifs is 1. The molecule has 0 radical (unpaired) electrons. The second-order valence-electron chi connectivity index (χ2n) is 7.44. The number of hydrogen-bond donors (Lipinski definition) is 8. The van der Waals surface area contributed by atoms with Gasteiger partial charge < -0.3 is 54.7 Å². The van der Waals surface area contributed by atoms with Gasteiger partial charge in [-0.1, -0.05) is 0 Å². The first kappa shape index (κ1) is 22.6. The summed E-state index contributed by atoms with van der Waals surface area (Å²) >= 11 is 0. The molecule has 2 heterocycles. The summed E-state index contributed by atoms with van der Waals surface area (Å²) in [5, 5.41) is 78.6. The highest BCUT2D eigenvalue weighted by molar-refractivity contribution is 5.89. The number of benzene rings is 2. The maximum atomic E-state index is 12.6. The molecule has 0 bridgehead atoms. The molecule has 1 aliphatic heterocycles. The van der Waals surface area contributed by atoms with Gasteiger partial charge in [0.05, 0.1) is 6.61 Å². The highest BCUT2D eigenvalue weighted by Gasteiger charge is 2.45. The Balaban J connectivity index is 1.77. The van der Waals surface area contributed by atoms with Crippen molar-refractivity contribution in [2.75, 3.05) is 6.61 Å². The van der Waals surface area contributed by atoms with Crippen molar-refractivity contribution in [3.05, 3.63) is 40.6 Å². The predicted octanol–water partition coefficient (Wildman–Crippen LogP) is -0.539. The van der Waals surface area contributed by atoms with Gasteiger partial charge in [-0.15, -0.1) is 0 Å². The minimum Gasteiger partial charge on any atom is -0.504 e. The molecule has 0 aliphatic carbocycles. The fourth-order valence-corrected chi connectivity index (χ4v) is 3.47. The number of aromatic hydroxyl groups is 4. The Morgan fingerprint density at radius 1 is 0.879 bits per heavy atom. The molecule has 1 fully saturated rings. The zero-order chi connectivity index (χ0) is 24.0. The van der Waals surface area contributed by atoms with Gasteiger partial charge in [-0.05, 0) is 18.2 Å². The van der Waals surface area contributed by atoms with Crippen LogP contribution < -0.4 is 10.2 Å². The van der Waals surface area contributed by atoms with E-state index in [1.165, 1.54) is 12.1 Å². The molecule has 12 heteroatoms. The van der Waals surface area contributed by atoms with Crippen molar-refractivity contribution in [2.24, 2.45) is 0 Å². The summed E-state index contributed by atoms with van der Waals surface area (Å²) in [5.41, 5.74) is -0.778. The largest absolute Gasteiger partial charge is 0.504 e. The molecule has 2 aromatic carbocycles. The molecule has 1 aliphatic rings. The second-order valence-corrected chi connectivity index (χ2v) is 7.44. The predicted molar refractivity (Wildman–Crippen MR) is 109 cm³/mol. The van der Waals surface area contributed by atoms with E-state index in [1.807, 2.05) is 0 Å². The summed E-state index contributed by atoms with van der Waals surface area (Å²) in [6, 6.07) is 5.72. The Morgan fingerprint density at radius 2 is 1.61 bits per heavy atom. The topological polar surface area (TPSA) is 211 Å². The lowest BCUT2D eigenvalue weighted by Crippen LogP contribution is -2.60. The Kier molecular flexibility index (Phi) is 5.78. The van der Waals surface area contributed by atoms with Crippen LogP contribution in [0.25, 0.3) is 22.3 Å². The molecule has 176 valence electrons.